The van der Waals surface area contributed by atoms with E-state index in [0.717, 1.165) is 0 Å². The molecule has 0 aromatic rings. The van der Waals surface area contributed by atoms with Gasteiger partial charge < -0.3 is 9.79 Å². The van der Waals surface area contributed by atoms with Gasteiger partial charge in [-0.2, -0.15) is 0 Å². The van der Waals surface area contributed by atoms with E-state index in [1.54, 1.807) is 0 Å². The highest BCUT2D eigenvalue weighted by Gasteiger charge is 2.17. The van der Waals surface area contributed by atoms with Crippen LogP contribution in [0.1, 0.15) is 13.8 Å². The minimum Gasteiger partial charge on any atom is -0.324 e. The van der Waals surface area contributed by atoms with Gasteiger partial charge in [0.15, 0.2) is 0 Å². The quantitative estimate of drug-likeness (QED) is 0.624. The second-order valence-electron chi connectivity index (χ2n) is 1.68. The lowest BCUT2D eigenvalue weighted by molar-refractivity contribution is 0.363. The minimum absolute atomic E-state index is 0. The van der Waals surface area contributed by atoms with Crippen LogP contribution in [0, 0.1) is 0 Å². The first-order valence-electron chi connectivity index (χ1n) is 2.00. The molecule has 0 aromatic heterocycles. The van der Waals surface area contributed by atoms with Crippen molar-refractivity contribution >= 4 is 32.4 Å². The van der Waals surface area contributed by atoms with Gasteiger partial charge in [0, 0.05) is 0 Å². The summed E-state index contributed by atoms with van der Waals surface area (Å²) in [7, 11) is -3.74. The lowest BCUT2D eigenvalue weighted by atomic mass is 10.6. The maximum absolute atomic E-state index is 10.0. The van der Waals surface area contributed by atoms with E-state index in [9.17, 15) is 4.57 Å². The van der Waals surface area contributed by atoms with E-state index in [-0.39, 0.29) is 24.8 Å². The van der Waals surface area contributed by atoms with Crippen LogP contribution in [0.3, 0.4) is 0 Å². The first-order valence-corrected chi connectivity index (χ1v) is 3.68. The highest BCUT2D eigenvalue weighted by molar-refractivity contribution is 7.52. The zero-order valence-corrected chi connectivity index (χ0v) is 7.67. The van der Waals surface area contributed by atoms with Gasteiger partial charge in [-0.3, -0.25) is 4.57 Å². The topological polar surface area (TPSA) is 57.5 Å². The average molecular weight is 197 g/mol. The maximum Gasteiger partial charge on any atom is 0.328 e. The summed E-state index contributed by atoms with van der Waals surface area (Å²) in [6.07, 6.45) is 0. The molecule has 0 fully saturated rings. The summed E-state index contributed by atoms with van der Waals surface area (Å²) in [5.74, 6) is 0. The third-order valence-electron chi connectivity index (χ3n) is 0.673. The molecule has 0 aliphatic rings. The maximum atomic E-state index is 10.0. The molecule has 0 aliphatic heterocycles. The van der Waals surface area contributed by atoms with Crippen molar-refractivity contribution in [1.82, 2.24) is 0 Å². The Balaban J connectivity index is -0.000000180. The summed E-state index contributed by atoms with van der Waals surface area (Å²) in [6, 6.07) is 0. The first kappa shape index (κ1) is 16.4. The van der Waals surface area contributed by atoms with Crippen LogP contribution in [0.4, 0.5) is 0 Å². The Hall–Kier alpha value is 0.730. The van der Waals surface area contributed by atoms with Gasteiger partial charge in [0.25, 0.3) is 0 Å². The summed E-state index contributed by atoms with van der Waals surface area (Å²) < 4.78 is 10.0. The molecule has 0 aromatic carbocycles. The van der Waals surface area contributed by atoms with E-state index in [1.807, 2.05) is 0 Å². The van der Waals surface area contributed by atoms with Gasteiger partial charge in [0.1, 0.15) is 0 Å². The van der Waals surface area contributed by atoms with E-state index < -0.39 is 13.3 Å². The molecule has 0 bridgehead atoms. The summed E-state index contributed by atoms with van der Waals surface area (Å²) in [5, 5.41) is 0. The third-order valence-corrected chi connectivity index (χ3v) is 2.02. The van der Waals surface area contributed by atoms with Crippen molar-refractivity contribution in [2.45, 2.75) is 19.5 Å². The molecular weight excluding hydrogens is 186 g/mol. The molecule has 0 aliphatic carbocycles. The van der Waals surface area contributed by atoms with E-state index in [2.05, 4.69) is 0 Å². The van der Waals surface area contributed by atoms with Crippen molar-refractivity contribution in [3.63, 3.8) is 0 Å². The fourth-order valence-electron chi connectivity index (χ4n) is 0. The molecule has 0 radical (unpaired) electrons. The average Bonchev–Trinajstić information content (AvgIpc) is 1.31. The second-order valence-corrected chi connectivity index (χ2v) is 3.89. The Bertz CT molecular complexity index is 99.2. The molecule has 2 N–H and O–H groups in total. The summed E-state index contributed by atoms with van der Waals surface area (Å²) in [5.41, 5.74) is -0.535. The molecule has 0 heterocycles. The van der Waals surface area contributed by atoms with Crippen LogP contribution in [-0.2, 0) is 4.57 Å². The smallest absolute Gasteiger partial charge is 0.324 e. The molecule has 0 amide bonds. The molecule has 0 saturated carbocycles. The summed E-state index contributed by atoms with van der Waals surface area (Å²) in [4.78, 5) is 16.4. The molecule has 0 rings (SSSR count). The van der Waals surface area contributed by atoms with Crippen LogP contribution in [-0.4, -0.2) is 15.4 Å². The van der Waals surface area contributed by atoms with Gasteiger partial charge in [-0.15, -0.1) is 24.8 Å². The van der Waals surface area contributed by atoms with Crippen molar-refractivity contribution < 1.29 is 14.4 Å². The van der Waals surface area contributed by atoms with E-state index in [1.165, 1.54) is 13.8 Å². The fraction of sp³-hybridized carbons (Fsp3) is 1.00. The summed E-state index contributed by atoms with van der Waals surface area (Å²) >= 11 is 0. The van der Waals surface area contributed by atoms with Crippen molar-refractivity contribution in [1.29, 1.82) is 0 Å². The molecular formula is C3H11Cl2O3P. The second kappa shape index (κ2) is 5.51. The predicted octanol–water partition coefficient (Wildman–Crippen LogP) is 1.42. The van der Waals surface area contributed by atoms with Gasteiger partial charge in [0.05, 0.1) is 5.66 Å². The number of hydrogen-bond acceptors (Lipinski definition) is 1. The highest BCUT2D eigenvalue weighted by Crippen LogP contribution is 2.39. The van der Waals surface area contributed by atoms with Crippen molar-refractivity contribution in [2.75, 3.05) is 0 Å². The monoisotopic (exact) mass is 196 g/mol. The Morgan fingerprint density at radius 1 is 1.22 bits per heavy atom. The molecule has 0 unspecified atom stereocenters. The fourth-order valence-corrected chi connectivity index (χ4v) is 0. The minimum atomic E-state index is -3.74. The molecule has 0 saturated heterocycles. The number of hydrogen-bond donors (Lipinski definition) is 2. The van der Waals surface area contributed by atoms with Crippen LogP contribution >= 0.6 is 32.4 Å². The lowest BCUT2D eigenvalue weighted by Crippen LogP contribution is -1.93. The SMILES string of the molecule is CC(C)P(=O)(O)O.Cl.Cl. The van der Waals surface area contributed by atoms with Crippen LogP contribution in [0.2, 0.25) is 0 Å². The van der Waals surface area contributed by atoms with E-state index >= 15 is 0 Å². The van der Waals surface area contributed by atoms with Gasteiger partial charge in [-0.1, -0.05) is 13.8 Å². The van der Waals surface area contributed by atoms with Gasteiger partial charge in [-0.25, -0.2) is 0 Å². The highest BCUT2D eigenvalue weighted by atomic mass is 35.5. The van der Waals surface area contributed by atoms with Crippen LogP contribution < -0.4 is 0 Å². The normalized spacial score (nSPS) is 9.89. The Morgan fingerprint density at radius 3 is 1.33 bits per heavy atom. The van der Waals surface area contributed by atoms with Crippen LogP contribution in [0.25, 0.3) is 0 Å². The van der Waals surface area contributed by atoms with Crippen molar-refractivity contribution in [3.05, 3.63) is 0 Å². The molecule has 0 spiro atoms. The molecule has 6 heteroatoms. The Morgan fingerprint density at radius 2 is 1.33 bits per heavy atom. The van der Waals surface area contributed by atoms with Crippen molar-refractivity contribution in [2.24, 2.45) is 0 Å². The Labute approximate surface area is 66.8 Å². The predicted molar refractivity (Wildman–Crippen MR) is 41.7 cm³/mol. The standard InChI is InChI=1S/C3H9O3P.2ClH/c1-3(2)7(4,5)6;;/h3H,1-2H3,(H2,4,5,6);2*1H. The third kappa shape index (κ3) is 8.73. The van der Waals surface area contributed by atoms with E-state index in [0.29, 0.717) is 0 Å². The Kier molecular flexibility index (Phi) is 10.0. The first-order chi connectivity index (χ1) is 2.94. The van der Waals surface area contributed by atoms with Crippen LogP contribution in [0.5, 0.6) is 0 Å². The van der Waals surface area contributed by atoms with Gasteiger partial charge in [-0.05, 0) is 0 Å². The van der Waals surface area contributed by atoms with Crippen LogP contribution in [0.15, 0.2) is 0 Å². The largest absolute Gasteiger partial charge is 0.328 e. The van der Waals surface area contributed by atoms with Gasteiger partial charge >= 0.3 is 7.60 Å². The molecule has 9 heavy (non-hydrogen) atoms. The molecule has 60 valence electrons. The molecule has 3 nitrogen and oxygen atoms in total. The zero-order chi connectivity index (χ0) is 6.08. The van der Waals surface area contributed by atoms with E-state index in [4.69, 9.17) is 9.79 Å². The van der Waals surface area contributed by atoms with Gasteiger partial charge in [0.2, 0.25) is 0 Å². The lowest BCUT2D eigenvalue weighted by Gasteiger charge is -2.04. The molecule has 0 atom stereocenters. The summed E-state index contributed by atoms with van der Waals surface area (Å²) in [6.45, 7) is 2.97. The van der Waals surface area contributed by atoms with Crippen molar-refractivity contribution in [3.8, 4) is 0 Å². The zero-order valence-electron chi connectivity index (χ0n) is 5.14. The number of halogens is 2. The number of rotatable bonds is 1.